The monoisotopic (exact) mass is 474 g/mol. The second kappa shape index (κ2) is 12.1. The van der Waals surface area contributed by atoms with Crippen LogP contribution in [0.5, 0.6) is 0 Å². The second-order valence-corrected chi connectivity index (χ2v) is 8.05. The Morgan fingerprint density at radius 2 is 0.694 bits per heavy atom. The molecule has 0 radical (unpaired) electrons. The van der Waals surface area contributed by atoms with E-state index in [0.29, 0.717) is 37.1 Å². The molecule has 1 heterocycles. The van der Waals surface area contributed by atoms with Gasteiger partial charge in [-0.05, 0) is 72.8 Å². The molecule has 3 N–H and O–H groups in total. The Labute approximate surface area is 212 Å². The van der Waals surface area contributed by atoms with Crippen molar-refractivity contribution in [3.63, 3.8) is 0 Å². The van der Waals surface area contributed by atoms with Gasteiger partial charge < -0.3 is 16.0 Å². The van der Waals surface area contributed by atoms with Crippen molar-refractivity contribution in [2.45, 2.75) is 0 Å². The number of rotatable bonds is 12. The maximum absolute atomic E-state index is 4.82. The highest BCUT2D eigenvalue weighted by atomic mass is 15.0. The van der Waals surface area contributed by atoms with Gasteiger partial charge in [-0.3, -0.25) is 0 Å². The van der Waals surface area contributed by atoms with E-state index in [0.717, 1.165) is 33.8 Å². The van der Waals surface area contributed by atoms with Crippen molar-refractivity contribution in [3.8, 4) is 34.2 Å². The lowest BCUT2D eigenvalue weighted by molar-refractivity contribution is 1.07. The number of hydrogen-bond donors (Lipinski definition) is 3. The predicted molar refractivity (Wildman–Crippen MR) is 152 cm³/mol. The van der Waals surface area contributed by atoms with Crippen molar-refractivity contribution >= 4 is 17.1 Å². The fourth-order valence-electron chi connectivity index (χ4n) is 3.54. The summed E-state index contributed by atoms with van der Waals surface area (Å²) >= 11 is 0. The summed E-state index contributed by atoms with van der Waals surface area (Å²) in [6, 6.07) is 24.2. The van der Waals surface area contributed by atoms with E-state index in [-0.39, 0.29) is 0 Å². The molecule has 4 aromatic rings. The van der Waals surface area contributed by atoms with Crippen LogP contribution in [-0.4, -0.2) is 34.6 Å². The molecule has 180 valence electrons. The molecule has 6 nitrogen and oxygen atoms in total. The van der Waals surface area contributed by atoms with E-state index < -0.39 is 0 Å². The molecular formula is C30H30N6. The maximum Gasteiger partial charge on any atom is 0.164 e. The summed E-state index contributed by atoms with van der Waals surface area (Å²) in [5.41, 5.74) is 5.78. The molecule has 4 rings (SSSR count). The van der Waals surface area contributed by atoms with Gasteiger partial charge in [0.15, 0.2) is 17.5 Å². The van der Waals surface area contributed by atoms with Crippen LogP contribution in [0.15, 0.2) is 111 Å². The van der Waals surface area contributed by atoms with Gasteiger partial charge in [-0.15, -0.1) is 19.7 Å². The number of anilines is 3. The number of benzene rings is 3. The first-order valence-electron chi connectivity index (χ1n) is 11.8. The lowest BCUT2D eigenvalue weighted by atomic mass is 10.1. The molecular weight excluding hydrogens is 444 g/mol. The largest absolute Gasteiger partial charge is 0.382 e. The maximum atomic E-state index is 4.82. The SMILES string of the molecule is C=CCNc1ccc(-c2nc(-c3ccc(NCC=C)cc3)nc(-c3ccc(NCC=C)cc3)n2)cc1. The molecule has 0 amide bonds. The molecule has 0 aliphatic heterocycles. The summed E-state index contributed by atoms with van der Waals surface area (Å²) < 4.78 is 0. The summed E-state index contributed by atoms with van der Waals surface area (Å²) in [5.74, 6) is 1.86. The summed E-state index contributed by atoms with van der Waals surface area (Å²) in [4.78, 5) is 14.5. The quantitative estimate of drug-likeness (QED) is 0.199. The highest BCUT2D eigenvalue weighted by Gasteiger charge is 2.12. The lowest BCUT2D eigenvalue weighted by Gasteiger charge is -2.10. The van der Waals surface area contributed by atoms with Crippen molar-refractivity contribution in [3.05, 3.63) is 111 Å². The fraction of sp³-hybridized carbons (Fsp3) is 0.100. The van der Waals surface area contributed by atoms with Gasteiger partial charge in [0.2, 0.25) is 0 Å². The zero-order chi connectivity index (χ0) is 25.2. The van der Waals surface area contributed by atoms with Gasteiger partial charge in [0.25, 0.3) is 0 Å². The van der Waals surface area contributed by atoms with Crippen LogP contribution in [0.1, 0.15) is 0 Å². The zero-order valence-electron chi connectivity index (χ0n) is 20.2. The van der Waals surface area contributed by atoms with E-state index >= 15 is 0 Å². The minimum atomic E-state index is 0.619. The van der Waals surface area contributed by atoms with Crippen molar-refractivity contribution in [2.75, 3.05) is 35.6 Å². The molecule has 1 aromatic heterocycles. The molecule has 3 aromatic carbocycles. The average Bonchev–Trinajstić information content (AvgIpc) is 2.94. The van der Waals surface area contributed by atoms with Gasteiger partial charge in [0.1, 0.15) is 0 Å². The Bertz CT molecular complexity index is 1130. The highest BCUT2D eigenvalue weighted by molar-refractivity contribution is 5.69. The minimum Gasteiger partial charge on any atom is -0.382 e. The van der Waals surface area contributed by atoms with Crippen molar-refractivity contribution in [1.82, 2.24) is 15.0 Å². The average molecular weight is 475 g/mol. The van der Waals surface area contributed by atoms with E-state index in [2.05, 4.69) is 35.7 Å². The first kappa shape index (κ1) is 24.4. The molecule has 36 heavy (non-hydrogen) atoms. The Balaban J connectivity index is 1.71. The highest BCUT2D eigenvalue weighted by Crippen LogP contribution is 2.27. The smallest absolute Gasteiger partial charge is 0.164 e. The molecule has 0 unspecified atom stereocenters. The molecule has 0 aliphatic rings. The number of hydrogen-bond acceptors (Lipinski definition) is 6. The van der Waals surface area contributed by atoms with Crippen molar-refractivity contribution in [1.29, 1.82) is 0 Å². The summed E-state index contributed by atoms with van der Waals surface area (Å²) in [6.45, 7) is 13.4. The summed E-state index contributed by atoms with van der Waals surface area (Å²) in [5, 5.41) is 9.87. The Kier molecular flexibility index (Phi) is 8.22. The minimum absolute atomic E-state index is 0.619. The molecule has 0 saturated heterocycles. The molecule has 0 atom stereocenters. The van der Waals surface area contributed by atoms with E-state index in [1.54, 1.807) is 0 Å². The summed E-state index contributed by atoms with van der Waals surface area (Å²) in [7, 11) is 0. The Morgan fingerprint density at radius 1 is 0.444 bits per heavy atom. The molecule has 0 fully saturated rings. The predicted octanol–water partition coefficient (Wildman–Crippen LogP) is 6.67. The zero-order valence-corrected chi connectivity index (χ0v) is 20.2. The van der Waals surface area contributed by atoms with E-state index in [4.69, 9.17) is 15.0 Å². The van der Waals surface area contributed by atoms with Gasteiger partial charge in [-0.25, -0.2) is 15.0 Å². The lowest BCUT2D eigenvalue weighted by Crippen LogP contribution is -2.02. The molecule has 6 heteroatoms. The Hall–Kier alpha value is -4.71. The number of nitrogens with zero attached hydrogens (tertiary/aromatic N) is 3. The van der Waals surface area contributed by atoms with Gasteiger partial charge in [-0.1, -0.05) is 18.2 Å². The number of nitrogens with one attached hydrogen (secondary N) is 3. The standard InChI is InChI=1S/C30H30N6/c1-4-19-31-25-13-7-22(8-14-25)28-34-29(23-9-15-26(16-10-23)32-20-5-2)36-30(35-28)24-11-17-27(18-12-24)33-21-6-3/h4-18,31-33H,1-3,19-21H2. The molecule has 0 spiro atoms. The van der Waals surface area contributed by atoms with Gasteiger partial charge in [-0.2, -0.15) is 0 Å². The van der Waals surface area contributed by atoms with E-state index in [9.17, 15) is 0 Å². The van der Waals surface area contributed by atoms with Crippen LogP contribution in [0.2, 0.25) is 0 Å². The van der Waals surface area contributed by atoms with Gasteiger partial charge in [0, 0.05) is 53.4 Å². The van der Waals surface area contributed by atoms with Crippen molar-refractivity contribution < 1.29 is 0 Å². The van der Waals surface area contributed by atoms with Gasteiger partial charge in [0.05, 0.1) is 0 Å². The third kappa shape index (κ3) is 6.24. The molecule has 0 bridgehead atoms. The van der Waals surface area contributed by atoms with Crippen LogP contribution in [-0.2, 0) is 0 Å². The van der Waals surface area contributed by atoms with Crippen LogP contribution in [0, 0.1) is 0 Å². The normalized spacial score (nSPS) is 10.3. The summed E-state index contributed by atoms with van der Waals surface area (Å²) in [6.07, 6.45) is 5.48. The van der Waals surface area contributed by atoms with Crippen LogP contribution < -0.4 is 16.0 Å². The van der Waals surface area contributed by atoms with Crippen LogP contribution in [0.3, 0.4) is 0 Å². The van der Waals surface area contributed by atoms with E-state index in [1.807, 2.05) is 91.0 Å². The molecule has 0 saturated carbocycles. The van der Waals surface area contributed by atoms with E-state index in [1.165, 1.54) is 0 Å². The van der Waals surface area contributed by atoms with Crippen molar-refractivity contribution in [2.24, 2.45) is 0 Å². The van der Waals surface area contributed by atoms with Crippen LogP contribution in [0.25, 0.3) is 34.2 Å². The van der Waals surface area contributed by atoms with Gasteiger partial charge >= 0.3 is 0 Å². The van der Waals surface area contributed by atoms with Crippen LogP contribution >= 0.6 is 0 Å². The first-order chi connectivity index (χ1) is 17.7. The topological polar surface area (TPSA) is 74.8 Å². The third-order valence-electron chi connectivity index (χ3n) is 5.42. The second-order valence-electron chi connectivity index (χ2n) is 8.05. The fourth-order valence-corrected chi connectivity index (χ4v) is 3.54. The number of aromatic nitrogens is 3. The first-order valence-corrected chi connectivity index (χ1v) is 11.8. The van der Waals surface area contributed by atoms with Crippen LogP contribution in [0.4, 0.5) is 17.1 Å². The Morgan fingerprint density at radius 3 is 0.917 bits per heavy atom. The third-order valence-corrected chi connectivity index (χ3v) is 5.42. The molecule has 0 aliphatic carbocycles.